The normalized spacial score (nSPS) is 13.8. The third kappa shape index (κ3) is 2.29. The summed E-state index contributed by atoms with van der Waals surface area (Å²) in [4.78, 5) is 31.8. The Morgan fingerprint density at radius 1 is 1.12 bits per heavy atom. The summed E-state index contributed by atoms with van der Waals surface area (Å²) in [7, 11) is 0. The van der Waals surface area contributed by atoms with Crippen LogP contribution in [0.3, 0.4) is 0 Å². The second kappa shape index (κ2) is 5.60. The van der Waals surface area contributed by atoms with Crippen LogP contribution in [0.25, 0.3) is 5.65 Å². The number of hydrogen-bond acceptors (Lipinski definition) is 3. The van der Waals surface area contributed by atoms with Gasteiger partial charge in [0.15, 0.2) is 0 Å². The molecular weight excluding hydrogens is 302 g/mol. The minimum absolute atomic E-state index is 0.0463. The molecule has 3 aromatic rings. The van der Waals surface area contributed by atoms with Crippen molar-refractivity contribution in [1.82, 2.24) is 14.3 Å². The Kier molecular flexibility index (Phi) is 3.41. The standard InChI is InChI=1S/C19H17N3O2/c1-13-6-5-10-22-17(13)20-16-9-11-21(12-15(16)19(22)24)18(23)14-7-3-2-4-8-14/h2-8,10H,9,11-12H2,1H3. The number of nitrogens with zero attached hydrogens (tertiary/aromatic N) is 3. The fourth-order valence-corrected chi connectivity index (χ4v) is 3.19. The van der Waals surface area contributed by atoms with E-state index < -0.39 is 0 Å². The third-order valence-electron chi connectivity index (χ3n) is 4.50. The van der Waals surface area contributed by atoms with E-state index in [1.165, 1.54) is 0 Å². The Hall–Kier alpha value is -2.95. The van der Waals surface area contributed by atoms with Crippen LogP contribution in [-0.2, 0) is 13.0 Å². The molecule has 3 heterocycles. The lowest BCUT2D eigenvalue weighted by Gasteiger charge is -2.28. The van der Waals surface area contributed by atoms with Crippen molar-refractivity contribution < 1.29 is 4.79 Å². The van der Waals surface area contributed by atoms with Crippen molar-refractivity contribution in [2.24, 2.45) is 0 Å². The molecule has 0 N–H and O–H groups in total. The highest BCUT2D eigenvalue weighted by molar-refractivity contribution is 5.94. The SMILES string of the molecule is Cc1cccn2c(=O)c3c(nc12)CCN(C(=O)c1ccccc1)C3. The molecule has 2 aromatic heterocycles. The van der Waals surface area contributed by atoms with E-state index in [1.54, 1.807) is 27.6 Å². The number of fused-ring (bicyclic) bond motifs is 2. The van der Waals surface area contributed by atoms with E-state index in [9.17, 15) is 9.59 Å². The summed E-state index contributed by atoms with van der Waals surface area (Å²) in [5, 5.41) is 0. The average molecular weight is 319 g/mol. The fraction of sp³-hybridized carbons (Fsp3) is 0.211. The van der Waals surface area contributed by atoms with Gasteiger partial charge in [-0.3, -0.25) is 14.0 Å². The first kappa shape index (κ1) is 14.6. The van der Waals surface area contributed by atoms with Crippen LogP contribution in [0.1, 0.15) is 27.2 Å². The van der Waals surface area contributed by atoms with Crippen LogP contribution in [0.5, 0.6) is 0 Å². The molecule has 0 unspecified atom stereocenters. The van der Waals surface area contributed by atoms with Gasteiger partial charge in [-0.2, -0.15) is 0 Å². The van der Waals surface area contributed by atoms with Crippen molar-refractivity contribution in [3.8, 4) is 0 Å². The first-order valence-electron chi connectivity index (χ1n) is 7.99. The second-order valence-corrected chi connectivity index (χ2v) is 6.07. The summed E-state index contributed by atoms with van der Waals surface area (Å²) < 4.78 is 1.57. The molecule has 0 spiro atoms. The van der Waals surface area contributed by atoms with E-state index in [2.05, 4.69) is 4.98 Å². The van der Waals surface area contributed by atoms with E-state index in [-0.39, 0.29) is 11.5 Å². The summed E-state index contributed by atoms with van der Waals surface area (Å²) in [5.41, 5.74) is 3.67. The zero-order valence-electron chi connectivity index (χ0n) is 13.4. The Morgan fingerprint density at radius 3 is 2.71 bits per heavy atom. The average Bonchev–Trinajstić information content (AvgIpc) is 2.63. The Labute approximate surface area is 139 Å². The van der Waals surface area contributed by atoms with Gasteiger partial charge < -0.3 is 4.90 Å². The molecule has 1 aliphatic rings. The number of carbonyl (C=O) groups is 1. The highest BCUT2D eigenvalue weighted by Gasteiger charge is 2.25. The van der Waals surface area contributed by atoms with Crippen molar-refractivity contribution in [2.75, 3.05) is 6.54 Å². The highest BCUT2D eigenvalue weighted by atomic mass is 16.2. The molecule has 5 heteroatoms. The molecule has 0 aliphatic carbocycles. The zero-order valence-corrected chi connectivity index (χ0v) is 13.4. The second-order valence-electron chi connectivity index (χ2n) is 6.07. The van der Waals surface area contributed by atoms with Gasteiger partial charge in [-0.05, 0) is 30.7 Å². The minimum atomic E-state index is -0.0794. The van der Waals surface area contributed by atoms with E-state index >= 15 is 0 Å². The Morgan fingerprint density at radius 2 is 1.92 bits per heavy atom. The summed E-state index contributed by atoms with van der Waals surface area (Å²) in [6.45, 7) is 2.84. The molecular formula is C19H17N3O2. The van der Waals surface area contributed by atoms with E-state index in [4.69, 9.17) is 0 Å². The van der Waals surface area contributed by atoms with Crippen LogP contribution in [0.2, 0.25) is 0 Å². The molecule has 0 saturated heterocycles. The van der Waals surface area contributed by atoms with Gasteiger partial charge in [-0.25, -0.2) is 4.98 Å². The lowest BCUT2D eigenvalue weighted by atomic mass is 10.1. The maximum atomic E-state index is 12.8. The summed E-state index contributed by atoms with van der Waals surface area (Å²) in [5.74, 6) is -0.0463. The fourth-order valence-electron chi connectivity index (χ4n) is 3.19. The van der Waals surface area contributed by atoms with Crippen molar-refractivity contribution in [3.63, 3.8) is 0 Å². The monoisotopic (exact) mass is 319 g/mol. The molecule has 0 fully saturated rings. The topological polar surface area (TPSA) is 54.7 Å². The van der Waals surface area contributed by atoms with Crippen LogP contribution in [-0.4, -0.2) is 26.7 Å². The predicted molar refractivity (Wildman–Crippen MR) is 91.1 cm³/mol. The van der Waals surface area contributed by atoms with Crippen molar-refractivity contribution in [2.45, 2.75) is 19.9 Å². The van der Waals surface area contributed by atoms with Gasteiger partial charge in [0.05, 0.1) is 17.8 Å². The summed E-state index contributed by atoms with van der Waals surface area (Å²) in [6.07, 6.45) is 2.34. The van der Waals surface area contributed by atoms with Gasteiger partial charge in [0.2, 0.25) is 0 Å². The van der Waals surface area contributed by atoms with Crippen LogP contribution >= 0.6 is 0 Å². The summed E-state index contributed by atoms with van der Waals surface area (Å²) >= 11 is 0. The van der Waals surface area contributed by atoms with Gasteiger partial charge in [0, 0.05) is 24.7 Å². The highest BCUT2D eigenvalue weighted by Crippen LogP contribution is 2.18. The Balaban J connectivity index is 1.75. The molecule has 120 valence electrons. The molecule has 1 amide bonds. The number of aromatic nitrogens is 2. The third-order valence-corrected chi connectivity index (χ3v) is 4.50. The van der Waals surface area contributed by atoms with Crippen molar-refractivity contribution in [1.29, 1.82) is 0 Å². The molecule has 4 rings (SSSR count). The predicted octanol–water partition coefficient (Wildman–Crippen LogP) is 2.20. The van der Waals surface area contributed by atoms with Gasteiger partial charge in [0.25, 0.3) is 11.5 Å². The first-order valence-corrected chi connectivity index (χ1v) is 7.99. The van der Waals surface area contributed by atoms with Gasteiger partial charge in [0.1, 0.15) is 5.65 Å². The molecule has 0 saturated carbocycles. The van der Waals surface area contributed by atoms with E-state index in [0.29, 0.717) is 36.3 Å². The number of pyridine rings is 1. The van der Waals surface area contributed by atoms with Gasteiger partial charge in [-0.1, -0.05) is 24.3 Å². The molecule has 5 nitrogen and oxygen atoms in total. The largest absolute Gasteiger partial charge is 0.334 e. The van der Waals surface area contributed by atoms with Crippen molar-refractivity contribution >= 4 is 11.6 Å². The number of aryl methyl sites for hydroxylation is 1. The van der Waals surface area contributed by atoms with Gasteiger partial charge >= 0.3 is 0 Å². The van der Waals surface area contributed by atoms with E-state index in [1.807, 2.05) is 37.3 Å². The minimum Gasteiger partial charge on any atom is -0.334 e. The van der Waals surface area contributed by atoms with Gasteiger partial charge in [-0.15, -0.1) is 0 Å². The number of hydrogen-bond donors (Lipinski definition) is 0. The number of carbonyl (C=O) groups excluding carboxylic acids is 1. The molecule has 0 atom stereocenters. The van der Waals surface area contributed by atoms with Crippen LogP contribution < -0.4 is 5.56 Å². The lowest BCUT2D eigenvalue weighted by Crippen LogP contribution is -2.40. The zero-order chi connectivity index (χ0) is 16.7. The maximum absolute atomic E-state index is 12.8. The lowest BCUT2D eigenvalue weighted by molar-refractivity contribution is 0.0732. The number of rotatable bonds is 1. The molecule has 0 bridgehead atoms. The van der Waals surface area contributed by atoms with Crippen molar-refractivity contribution in [3.05, 3.63) is 81.4 Å². The molecule has 1 aromatic carbocycles. The van der Waals surface area contributed by atoms with E-state index in [0.717, 1.165) is 11.3 Å². The van der Waals surface area contributed by atoms with Crippen LogP contribution in [0, 0.1) is 6.92 Å². The quantitative estimate of drug-likeness (QED) is 0.691. The first-order chi connectivity index (χ1) is 11.6. The summed E-state index contributed by atoms with van der Waals surface area (Å²) in [6, 6.07) is 13.0. The molecule has 24 heavy (non-hydrogen) atoms. The smallest absolute Gasteiger partial charge is 0.263 e. The van der Waals surface area contributed by atoms with Crippen LogP contribution in [0.4, 0.5) is 0 Å². The van der Waals surface area contributed by atoms with Crippen LogP contribution in [0.15, 0.2) is 53.5 Å². The number of benzene rings is 1. The Bertz CT molecular complexity index is 993. The maximum Gasteiger partial charge on any atom is 0.263 e. The molecule has 1 aliphatic heterocycles. The number of amides is 1. The molecule has 0 radical (unpaired) electrons.